The average molecular weight is 260 g/mol. The molecule has 0 aromatic heterocycles. The van der Waals surface area contributed by atoms with Gasteiger partial charge in [-0.15, -0.1) is 0 Å². The summed E-state index contributed by atoms with van der Waals surface area (Å²) in [6.45, 7) is 4.84. The Kier molecular flexibility index (Phi) is 3.53. The van der Waals surface area contributed by atoms with Crippen LogP contribution in [0.3, 0.4) is 0 Å². The smallest absolute Gasteiger partial charge is 0.246 e. The third-order valence-electron chi connectivity index (χ3n) is 3.84. The highest BCUT2D eigenvalue weighted by molar-refractivity contribution is 5.98. The maximum atomic E-state index is 12.6. The summed E-state index contributed by atoms with van der Waals surface area (Å²) < 4.78 is 5.39. The lowest BCUT2D eigenvalue weighted by molar-refractivity contribution is -0.123. The van der Waals surface area contributed by atoms with Crippen LogP contribution >= 0.6 is 0 Å². The fourth-order valence-electron chi connectivity index (χ4n) is 2.87. The van der Waals surface area contributed by atoms with Crippen LogP contribution in [0.15, 0.2) is 18.2 Å². The lowest BCUT2D eigenvalue weighted by Gasteiger charge is -2.34. The van der Waals surface area contributed by atoms with Crippen molar-refractivity contribution in [3.63, 3.8) is 0 Å². The van der Waals surface area contributed by atoms with Crippen LogP contribution in [0, 0.1) is 6.92 Å². The van der Waals surface area contributed by atoms with Crippen molar-refractivity contribution < 1.29 is 9.53 Å². The normalized spacial score (nSPS) is 23.0. The number of amides is 1. The van der Waals surface area contributed by atoms with E-state index in [2.05, 4.69) is 30.4 Å². The van der Waals surface area contributed by atoms with Crippen LogP contribution in [0.25, 0.3) is 0 Å². The van der Waals surface area contributed by atoms with E-state index >= 15 is 0 Å². The topological polar surface area (TPSA) is 41.6 Å². The van der Waals surface area contributed by atoms with Crippen molar-refractivity contribution >= 4 is 11.6 Å². The number of hydrogen-bond donors (Lipinski definition) is 1. The highest BCUT2D eigenvalue weighted by Crippen LogP contribution is 2.28. The number of carbonyl (C=O) groups excluding carboxylic acids is 1. The molecule has 3 rings (SSSR count). The summed E-state index contributed by atoms with van der Waals surface area (Å²) in [7, 11) is 0. The van der Waals surface area contributed by atoms with Crippen LogP contribution < -0.4 is 10.2 Å². The second kappa shape index (κ2) is 5.31. The number of aryl methyl sites for hydroxylation is 2. The molecule has 0 aliphatic carbocycles. The number of rotatable bonds is 1. The summed E-state index contributed by atoms with van der Waals surface area (Å²) in [4.78, 5) is 14.5. The highest BCUT2D eigenvalue weighted by Gasteiger charge is 2.29. The van der Waals surface area contributed by atoms with E-state index < -0.39 is 0 Å². The molecule has 19 heavy (non-hydrogen) atoms. The number of nitrogens with one attached hydrogen (secondary N) is 1. The molecule has 4 heteroatoms. The molecule has 1 aromatic carbocycles. The molecule has 1 aromatic rings. The minimum Gasteiger partial charge on any atom is -0.378 e. The van der Waals surface area contributed by atoms with Crippen molar-refractivity contribution in [2.75, 3.05) is 31.2 Å². The molecule has 1 N–H and O–H groups in total. The average Bonchev–Trinajstić information content (AvgIpc) is 2.46. The number of hydrogen-bond acceptors (Lipinski definition) is 3. The Bertz CT molecular complexity index is 481. The highest BCUT2D eigenvalue weighted by atomic mass is 16.5. The van der Waals surface area contributed by atoms with Crippen LogP contribution in [0.1, 0.15) is 17.5 Å². The number of ether oxygens (including phenoxy) is 1. The quantitative estimate of drug-likeness (QED) is 0.826. The maximum Gasteiger partial charge on any atom is 0.246 e. The molecular formula is C15H20N2O2. The zero-order valence-electron chi connectivity index (χ0n) is 11.3. The Hall–Kier alpha value is -1.39. The Morgan fingerprint density at radius 1 is 1.47 bits per heavy atom. The molecule has 4 nitrogen and oxygen atoms in total. The SMILES string of the molecule is Cc1ccc2c(c1)CCCN2C(=O)C1COCCN1. The van der Waals surface area contributed by atoms with Crippen LogP contribution in [-0.4, -0.2) is 38.3 Å². The van der Waals surface area contributed by atoms with Gasteiger partial charge >= 0.3 is 0 Å². The Labute approximate surface area is 113 Å². The monoisotopic (exact) mass is 260 g/mol. The third-order valence-corrected chi connectivity index (χ3v) is 3.84. The number of benzene rings is 1. The summed E-state index contributed by atoms with van der Waals surface area (Å²) >= 11 is 0. The van der Waals surface area contributed by atoms with Crippen LogP contribution in [0.4, 0.5) is 5.69 Å². The van der Waals surface area contributed by atoms with Gasteiger partial charge in [-0.3, -0.25) is 4.79 Å². The fraction of sp³-hybridized carbons (Fsp3) is 0.533. The van der Waals surface area contributed by atoms with Crippen molar-refractivity contribution in [2.45, 2.75) is 25.8 Å². The first-order chi connectivity index (χ1) is 9.25. The number of nitrogens with zero attached hydrogens (tertiary/aromatic N) is 1. The largest absolute Gasteiger partial charge is 0.378 e. The molecule has 2 aliphatic rings. The van der Waals surface area contributed by atoms with Gasteiger partial charge in [-0.2, -0.15) is 0 Å². The molecule has 0 saturated carbocycles. The summed E-state index contributed by atoms with van der Waals surface area (Å²) in [5.41, 5.74) is 3.62. The summed E-state index contributed by atoms with van der Waals surface area (Å²) in [6, 6.07) is 6.15. The summed E-state index contributed by atoms with van der Waals surface area (Å²) in [5.74, 6) is 0.143. The molecular weight excluding hydrogens is 240 g/mol. The van der Waals surface area contributed by atoms with Crippen molar-refractivity contribution in [1.29, 1.82) is 0 Å². The van der Waals surface area contributed by atoms with Gasteiger partial charge in [0.25, 0.3) is 0 Å². The second-order valence-corrected chi connectivity index (χ2v) is 5.31. The van der Waals surface area contributed by atoms with Crippen molar-refractivity contribution in [3.05, 3.63) is 29.3 Å². The Balaban J connectivity index is 1.84. The molecule has 2 heterocycles. The van der Waals surface area contributed by atoms with Gasteiger partial charge in [-0.1, -0.05) is 17.7 Å². The molecule has 0 spiro atoms. The van der Waals surface area contributed by atoms with E-state index in [-0.39, 0.29) is 11.9 Å². The zero-order chi connectivity index (χ0) is 13.2. The molecule has 1 atom stereocenters. The Morgan fingerprint density at radius 3 is 3.16 bits per heavy atom. The van der Waals surface area contributed by atoms with E-state index in [1.54, 1.807) is 0 Å². The molecule has 2 aliphatic heterocycles. The van der Waals surface area contributed by atoms with Crippen LogP contribution in [0.2, 0.25) is 0 Å². The zero-order valence-corrected chi connectivity index (χ0v) is 11.3. The molecule has 1 saturated heterocycles. The predicted molar refractivity (Wildman–Crippen MR) is 74.5 cm³/mol. The molecule has 0 bridgehead atoms. The van der Waals surface area contributed by atoms with Crippen LogP contribution in [-0.2, 0) is 16.0 Å². The van der Waals surface area contributed by atoms with E-state index in [1.807, 2.05) is 4.90 Å². The summed E-state index contributed by atoms with van der Waals surface area (Å²) in [5, 5.41) is 3.24. The first kappa shape index (κ1) is 12.6. The maximum absolute atomic E-state index is 12.6. The Morgan fingerprint density at radius 2 is 2.37 bits per heavy atom. The standard InChI is InChI=1S/C15H20N2O2/c1-11-4-5-14-12(9-11)3-2-7-17(14)15(18)13-10-19-8-6-16-13/h4-5,9,13,16H,2-3,6-8,10H2,1H3. The number of anilines is 1. The first-order valence-corrected chi connectivity index (χ1v) is 6.98. The summed E-state index contributed by atoms with van der Waals surface area (Å²) in [6.07, 6.45) is 2.10. The van der Waals surface area contributed by atoms with Crippen LogP contribution in [0.5, 0.6) is 0 Å². The third kappa shape index (κ3) is 2.51. The number of morpholine rings is 1. The van der Waals surface area contributed by atoms with E-state index in [4.69, 9.17) is 4.74 Å². The predicted octanol–water partition coefficient (Wildman–Crippen LogP) is 1.26. The number of carbonyl (C=O) groups is 1. The molecule has 1 amide bonds. The van der Waals surface area contributed by atoms with Crippen molar-refractivity contribution in [2.24, 2.45) is 0 Å². The van der Waals surface area contributed by atoms with Gasteiger partial charge in [-0.05, 0) is 31.4 Å². The molecule has 0 radical (unpaired) electrons. The minimum absolute atomic E-state index is 0.143. The van der Waals surface area contributed by atoms with Crippen molar-refractivity contribution in [1.82, 2.24) is 5.32 Å². The van der Waals surface area contributed by atoms with Gasteiger partial charge in [0.2, 0.25) is 5.91 Å². The van der Waals surface area contributed by atoms with Gasteiger partial charge in [0.05, 0.1) is 13.2 Å². The van der Waals surface area contributed by atoms with Gasteiger partial charge in [0.1, 0.15) is 6.04 Å². The van der Waals surface area contributed by atoms with Gasteiger partial charge in [0.15, 0.2) is 0 Å². The minimum atomic E-state index is -0.194. The lowest BCUT2D eigenvalue weighted by Crippen LogP contribution is -2.53. The van der Waals surface area contributed by atoms with E-state index in [0.29, 0.717) is 13.2 Å². The van der Waals surface area contributed by atoms with Gasteiger partial charge in [-0.25, -0.2) is 0 Å². The van der Waals surface area contributed by atoms with Crippen molar-refractivity contribution in [3.8, 4) is 0 Å². The van der Waals surface area contributed by atoms with Gasteiger partial charge < -0.3 is 15.0 Å². The fourth-order valence-corrected chi connectivity index (χ4v) is 2.87. The second-order valence-electron chi connectivity index (χ2n) is 5.31. The number of fused-ring (bicyclic) bond motifs is 1. The molecule has 1 fully saturated rings. The van der Waals surface area contributed by atoms with E-state index in [1.165, 1.54) is 11.1 Å². The van der Waals surface area contributed by atoms with E-state index in [9.17, 15) is 4.79 Å². The van der Waals surface area contributed by atoms with Gasteiger partial charge in [0, 0.05) is 18.8 Å². The molecule has 1 unspecified atom stereocenters. The lowest BCUT2D eigenvalue weighted by atomic mass is 9.99. The van der Waals surface area contributed by atoms with E-state index in [0.717, 1.165) is 31.6 Å². The molecule has 102 valence electrons. The first-order valence-electron chi connectivity index (χ1n) is 6.98.